The van der Waals surface area contributed by atoms with E-state index in [1.165, 1.54) is 0 Å². The summed E-state index contributed by atoms with van der Waals surface area (Å²) in [5.74, 6) is 0.918. The van der Waals surface area contributed by atoms with Gasteiger partial charge in [0, 0.05) is 36.7 Å². The highest BCUT2D eigenvalue weighted by Gasteiger charge is 2.18. The van der Waals surface area contributed by atoms with E-state index in [9.17, 15) is 4.79 Å². The van der Waals surface area contributed by atoms with Gasteiger partial charge in [-0.15, -0.1) is 0 Å². The number of amides is 1. The zero-order valence-electron chi connectivity index (χ0n) is 18.0. The predicted molar refractivity (Wildman–Crippen MR) is 129 cm³/mol. The molecule has 0 aliphatic rings. The minimum absolute atomic E-state index is 0.0822. The molecule has 1 amide bonds. The van der Waals surface area contributed by atoms with Crippen molar-refractivity contribution in [1.82, 2.24) is 4.98 Å². The van der Waals surface area contributed by atoms with Crippen molar-refractivity contribution in [3.05, 3.63) is 96.7 Å². The van der Waals surface area contributed by atoms with Crippen LogP contribution in [0.2, 0.25) is 0 Å². The Hall–Kier alpha value is -3.66. The largest absolute Gasteiger partial charge is 0.327 e. The van der Waals surface area contributed by atoms with E-state index in [4.69, 9.17) is 0 Å². The Morgan fingerprint density at radius 3 is 2.32 bits per heavy atom. The molecule has 0 unspecified atom stereocenters. The molecule has 0 N–H and O–H groups in total. The van der Waals surface area contributed by atoms with Crippen molar-refractivity contribution in [2.45, 2.75) is 20.3 Å². The number of carbonyl (C=O) groups excluding carboxylic acids is 1. The van der Waals surface area contributed by atoms with Crippen molar-refractivity contribution in [2.24, 2.45) is 0 Å². The van der Waals surface area contributed by atoms with Crippen LogP contribution in [0.4, 0.5) is 17.2 Å². The SMILES string of the molecule is CCN(C(=O)Cc1cccc2ccccc12)c1ccnc(N(CC)c2ccccc2)c1. The van der Waals surface area contributed by atoms with E-state index in [1.54, 1.807) is 6.20 Å². The number of nitrogens with zero attached hydrogens (tertiary/aromatic N) is 3. The smallest absolute Gasteiger partial charge is 0.231 e. The summed E-state index contributed by atoms with van der Waals surface area (Å²) < 4.78 is 0. The molecule has 0 spiro atoms. The standard InChI is InChI=1S/C27H27N3O/c1-3-29(23-14-6-5-7-15-23)26-20-24(17-18-28-26)30(4-2)27(31)19-22-13-10-12-21-11-8-9-16-25(21)22/h5-18,20H,3-4,19H2,1-2H3. The number of hydrogen-bond acceptors (Lipinski definition) is 3. The number of rotatable bonds is 7. The van der Waals surface area contributed by atoms with Gasteiger partial charge in [0.15, 0.2) is 0 Å². The quantitative estimate of drug-likeness (QED) is 0.376. The molecule has 4 heteroatoms. The monoisotopic (exact) mass is 409 g/mol. The van der Waals surface area contributed by atoms with Crippen LogP contribution in [0, 0.1) is 0 Å². The van der Waals surface area contributed by atoms with Gasteiger partial charge in [-0.25, -0.2) is 4.98 Å². The van der Waals surface area contributed by atoms with Crippen LogP contribution in [0.5, 0.6) is 0 Å². The molecule has 1 aromatic heterocycles. The lowest BCUT2D eigenvalue weighted by atomic mass is 10.0. The average Bonchev–Trinajstić information content (AvgIpc) is 2.81. The Bertz CT molecular complexity index is 1170. The van der Waals surface area contributed by atoms with Gasteiger partial charge in [0.05, 0.1) is 6.42 Å². The lowest BCUT2D eigenvalue weighted by molar-refractivity contribution is -0.117. The lowest BCUT2D eigenvalue weighted by Crippen LogP contribution is -2.32. The molecule has 0 saturated carbocycles. The molecule has 0 bridgehead atoms. The van der Waals surface area contributed by atoms with Gasteiger partial charge in [0.1, 0.15) is 5.82 Å². The number of aromatic nitrogens is 1. The molecule has 3 aromatic carbocycles. The van der Waals surface area contributed by atoms with Gasteiger partial charge < -0.3 is 9.80 Å². The van der Waals surface area contributed by atoms with Crippen LogP contribution in [-0.2, 0) is 11.2 Å². The van der Waals surface area contributed by atoms with Gasteiger partial charge in [-0.3, -0.25) is 4.79 Å². The Labute approximate surface area is 183 Å². The zero-order chi connectivity index (χ0) is 21.6. The molecular formula is C27H27N3O. The Balaban J connectivity index is 1.61. The van der Waals surface area contributed by atoms with Crippen LogP contribution in [-0.4, -0.2) is 24.0 Å². The van der Waals surface area contributed by atoms with Crippen LogP contribution in [0.3, 0.4) is 0 Å². The van der Waals surface area contributed by atoms with E-state index >= 15 is 0 Å². The molecule has 0 fully saturated rings. The summed E-state index contributed by atoms with van der Waals surface area (Å²) in [6, 6.07) is 28.5. The summed E-state index contributed by atoms with van der Waals surface area (Å²) in [5.41, 5.74) is 3.00. The molecule has 156 valence electrons. The maximum absolute atomic E-state index is 13.3. The zero-order valence-corrected chi connectivity index (χ0v) is 18.0. The molecule has 4 rings (SSSR count). The fourth-order valence-corrected chi connectivity index (χ4v) is 4.02. The minimum atomic E-state index is 0.0822. The van der Waals surface area contributed by atoms with Crippen molar-refractivity contribution in [3.63, 3.8) is 0 Å². The van der Waals surface area contributed by atoms with Gasteiger partial charge in [0.25, 0.3) is 0 Å². The first-order valence-electron chi connectivity index (χ1n) is 10.8. The van der Waals surface area contributed by atoms with Crippen LogP contribution in [0.25, 0.3) is 10.8 Å². The van der Waals surface area contributed by atoms with Gasteiger partial charge in [-0.1, -0.05) is 60.7 Å². The number of para-hydroxylation sites is 1. The fourth-order valence-electron chi connectivity index (χ4n) is 4.02. The maximum Gasteiger partial charge on any atom is 0.231 e. The Morgan fingerprint density at radius 1 is 0.806 bits per heavy atom. The number of hydrogen-bond donors (Lipinski definition) is 0. The van der Waals surface area contributed by atoms with Crippen molar-refractivity contribution in [2.75, 3.05) is 22.9 Å². The third kappa shape index (κ3) is 4.43. The molecular weight excluding hydrogens is 382 g/mol. The summed E-state index contributed by atoms with van der Waals surface area (Å²) in [6.45, 7) is 5.50. The third-order valence-electron chi connectivity index (χ3n) is 5.54. The summed E-state index contributed by atoms with van der Waals surface area (Å²) in [4.78, 5) is 21.9. The summed E-state index contributed by atoms with van der Waals surface area (Å²) in [7, 11) is 0. The van der Waals surface area contributed by atoms with Gasteiger partial charge >= 0.3 is 0 Å². The first-order chi connectivity index (χ1) is 15.2. The number of carbonyl (C=O) groups is 1. The number of benzene rings is 3. The first-order valence-corrected chi connectivity index (χ1v) is 10.8. The second kappa shape index (κ2) is 9.43. The number of anilines is 3. The maximum atomic E-state index is 13.3. The molecule has 0 saturated heterocycles. The predicted octanol–water partition coefficient (Wildman–Crippen LogP) is 5.99. The lowest BCUT2D eigenvalue weighted by Gasteiger charge is -2.25. The molecule has 4 nitrogen and oxygen atoms in total. The highest BCUT2D eigenvalue weighted by Crippen LogP contribution is 2.27. The van der Waals surface area contributed by atoms with Crippen LogP contribution < -0.4 is 9.80 Å². The first kappa shape index (κ1) is 20.6. The van der Waals surface area contributed by atoms with Crippen LogP contribution in [0.1, 0.15) is 19.4 Å². The highest BCUT2D eigenvalue weighted by atomic mass is 16.2. The van der Waals surface area contributed by atoms with Gasteiger partial charge in [0.2, 0.25) is 5.91 Å². The molecule has 0 radical (unpaired) electrons. The Kier molecular flexibility index (Phi) is 6.27. The van der Waals surface area contributed by atoms with E-state index in [-0.39, 0.29) is 5.91 Å². The topological polar surface area (TPSA) is 36.4 Å². The van der Waals surface area contributed by atoms with Crippen molar-refractivity contribution < 1.29 is 4.79 Å². The molecule has 0 atom stereocenters. The molecule has 4 aromatic rings. The van der Waals surface area contributed by atoms with Crippen LogP contribution in [0.15, 0.2) is 91.1 Å². The Morgan fingerprint density at radius 2 is 1.55 bits per heavy atom. The molecule has 0 aliphatic heterocycles. The highest BCUT2D eigenvalue weighted by molar-refractivity contribution is 5.98. The van der Waals surface area contributed by atoms with E-state index in [1.807, 2.05) is 66.4 Å². The van der Waals surface area contributed by atoms with E-state index in [0.717, 1.165) is 40.1 Å². The van der Waals surface area contributed by atoms with Crippen molar-refractivity contribution in [1.29, 1.82) is 0 Å². The molecule has 31 heavy (non-hydrogen) atoms. The second-order valence-electron chi connectivity index (χ2n) is 7.41. The van der Waals surface area contributed by atoms with Crippen molar-refractivity contribution in [3.8, 4) is 0 Å². The second-order valence-corrected chi connectivity index (χ2v) is 7.41. The normalized spacial score (nSPS) is 10.8. The van der Waals surface area contributed by atoms with E-state index in [0.29, 0.717) is 13.0 Å². The number of fused-ring (bicyclic) bond motifs is 1. The summed E-state index contributed by atoms with van der Waals surface area (Å²) >= 11 is 0. The average molecular weight is 410 g/mol. The summed E-state index contributed by atoms with van der Waals surface area (Å²) in [5, 5.41) is 2.29. The van der Waals surface area contributed by atoms with Gasteiger partial charge in [-0.2, -0.15) is 0 Å². The third-order valence-corrected chi connectivity index (χ3v) is 5.54. The summed E-state index contributed by atoms with van der Waals surface area (Å²) in [6.07, 6.45) is 2.15. The van der Waals surface area contributed by atoms with E-state index in [2.05, 4.69) is 47.1 Å². The van der Waals surface area contributed by atoms with Crippen LogP contribution >= 0.6 is 0 Å². The minimum Gasteiger partial charge on any atom is -0.327 e. The van der Waals surface area contributed by atoms with Crippen molar-refractivity contribution >= 4 is 33.9 Å². The number of pyridine rings is 1. The van der Waals surface area contributed by atoms with Gasteiger partial charge in [-0.05, 0) is 48.4 Å². The fraction of sp³-hybridized carbons (Fsp3) is 0.185. The number of likely N-dealkylation sites (N-methyl/N-ethyl adjacent to an activating group) is 1. The van der Waals surface area contributed by atoms with E-state index < -0.39 is 0 Å². The molecule has 0 aliphatic carbocycles. The molecule has 1 heterocycles.